The van der Waals surface area contributed by atoms with E-state index in [2.05, 4.69) is 22.6 Å². The standard InChI is InChI=1S/C13H12N2OS2/c1-9(16)15-12(10-4-6-17-8-10)7-11(14-15)13-3-2-5-18-13/h2-6,8,12H,7H2,1H3/t12-/m1/s1. The minimum atomic E-state index is -0.00208. The van der Waals surface area contributed by atoms with Gasteiger partial charge in [0.15, 0.2) is 0 Å². The molecule has 1 aliphatic heterocycles. The lowest BCUT2D eigenvalue weighted by Crippen LogP contribution is -2.23. The molecule has 0 radical (unpaired) electrons. The van der Waals surface area contributed by atoms with Gasteiger partial charge in [-0.25, -0.2) is 5.01 Å². The Kier molecular flexibility index (Phi) is 3.01. The van der Waals surface area contributed by atoms with Gasteiger partial charge in [-0.1, -0.05) is 6.07 Å². The minimum Gasteiger partial charge on any atom is -0.273 e. The Morgan fingerprint density at radius 2 is 2.33 bits per heavy atom. The van der Waals surface area contributed by atoms with Crippen LogP contribution < -0.4 is 0 Å². The minimum absolute atomic E-state index is 0.00208. The van der Waals surface area contributed by atoms with Crippen molar-refractivity contribution in [3.8, 4) is 0 Å². The summed E-state index contributed by atoms with van der Waals surface area (Å²) in [7, 11) is 0. The van der Waals surface area contributed by atoms with Crippen molar-refractivity contribution in [2.45, 2.75) is 19.4 Å². The van der Waals surface area contributed by atoms with Crippen LogP contribution in [0.5, 0.6) is 0 Å². The van der Waals surface area contributed by atoms with Gasteiger partial charge < -0.3 is 0 Å². The fraction of sp³-hybridized carbons (Fsp3) is 0.231. The normalized spacial score (nSPS) is 19.1. The second kappa shape index (κ2) is 4.66. The van der Waals surface area contributed by atoms with Crippen molar-refractivity contribution >= 4 is 34.3 Å². The molecule has 0 spiro atoms. The average molecular weight is 276 g/mol. The SMILES string of the molecule is CC(=O)N1N=C(c2cccs2)C[C@@H]1c1ccsc1. The van der Waals surface area contributed by atoms with Gasteiger partial charge in [0.2, 0.25) is 5.91 Å². The van der Waals surface area contributed by atoms with Gasteiger partial charge in [-0.2, -0.15) is 16.4 Å². The smallest absolute Gasteiger partial charge is 0.240 e. The molecule has 3 heterocycles. The summed E-state index contributed by atoms with van der Waals surface area (Å²) in [4.78, 5) is 12.8. The second-order valence-corrected chi connectivity index (χ2v) is 5.89. The molecule has 1 aliphatic rings. The van der Waals surface area contributed by atoms with E-state index in [-0.39, 0.29) is 11.9 Å². The summed E-state index contributed by atoms with van der Waals surface area (Å²) in [6.45, 7) is 1.57. The van der Waals surface area contributed by atoms with Gasteiger partial charge in [0, 0.05) is 13.3 Å². The third-order valence-corrected chi connectivity index (χ3v) is 4.59. The third kappa shape index (κ3) is 2.00. The van der Waals surface area contributed by atoms with E-state index in [0.717, 1.165) is 17.0 Å². The molecular formula is C13H12N2OS2. The zero-order valence-corrected chi connectivity index (χ0v) is 11.5. The van der Waals surface area contributed by atoms with Gasteiger partial charge in [0.25, 0.3) is 0 Å². The predicted octanol–water partition coefficient (Wildman–Crippen LogP) is 3.51. The highest BCUT2D eigenvalue weighted by Crippen LogP contribution is 2.34. The summed E-state index contributed by atoms with van der Waals surface area (Å²) >= 11 is 3.32. The highest BCUT2D eigenvalue weighted by Gasteiger charge is 2.31. The molecule has 1 atom stereocenters. The first-order chi connectivity index (χ1) is 8.75. The number of hydrogen-bond acceptors (Lipinski definition) is 4. The van der Waals surface area contributed by atoms with Gasteiger partial charge in [0.1, 0.15) is 0 Å². The topological polar surface area (TPSA) is 32.7 Å². The Morgan fingerprint density at radius 1 is 1.44 bits per heavy atom. The Morgan fingerprint density at radius 3 is 2.94 bits per heavy atom. The summed E-state index contributed by atoms with van der Waals surface area (Å²) in [6, 6.07) is 6.19. The van der Waals surface area contributed by atoms with Gasteiger partial charge in [-0.3, -0.25) is 4.79 Å². The maximum atomic E-state index is 11.7. The first-order valence-corrected chi connectivity index (χ1v) is 7.51. The molecule has 2 aromatic heterocycles. The van der Waals surface area contributed by atoms with E-state index in [4.69, 9.17) is 0 Å². The largest absolute Gasteiger partial charge is 0.273 e. The lowest BCUT2D eigenvalue weighted by Gasteiger charge is -2.18. The van der Waals surface area contributed by atoms with Crippen molar-refractivity contribution < 1.29 is 4.79 Å². The summed E-state index contributed by atoms with van der Waals surface area (Å²) in [6.07, 6.45) is 0.802. The predicted molar refractivity (Wildman–Crippen MR) is 75.1 cm³/mol. The maximum Gasteiger partial charge on any atom is 0.240 e. The van der Waals surface area contributed by atoms with E-state index in [9.17, 15) is 4.79 Å². The number of nitrogens with zero attached hydrogens (tertiary/aromatic N) is 2. The fourth-order valence-electron chi connectivity index (χ4n) is 2.12. The number of rotatable bonds is 2. The van der Waals surface area contributed by atoms with Crippen molar-refractivity contribution in [1.29, 1.82) is 0 Å². The van der Waals surface area contributed by atoms with Crippen molar-refractivity contribution in [3.05, 3.63) is 44.8 Å². The molecule has 3 nitrogen and oxygen atoms in total. The quantitative estimate of drug-likeness (QED) is 0.826. The van der Waals surface area contributed by atoms with Crippen LogP contribution in [0.2, 0.25) is 0 Å². The molecule has 0 N–H and O–H groups in total. The summed E-state index contributed by atoms with van der Waals surface area (Å²) in [5.74, 6) is -0.00208. The molecule has 0 saturated heterocycles. The number of hydrogen-bond donors (Lipinski definition) is 0. The zero-order valence-electron chi connectivity index (χ0n) is 9.87. The van der Waals surface area contributed by atoms with Crippen molar-refractivity contribution in [2.75, 3.05) is 0 Å². The summed E-state index contributed by atoms with van der Waals surface area (Å²) in [5, 5.41) is 12.3. The molecule has 5 heteroatoms. The molecular weight excluding hydrogens is 264 g/mol. The van der Waals surface area contributed by atoms with Crippen LogP contribution in [0, 0.1) is 0 Å². The molecule has 0 aromatic carbocycles. The van der Waals surface area contributed by atoms with Crippen LogP contribution in [0.3, 0.4) is 0 Å². The molecule has 18 heavy (non-hydrogen) atoms. The Hall–Kier alpha value is -1.46. The molecule has 0 fully saturated rings. The molecule has 0 saturated carbocycles. The van der Waals surface area contributed by atoms with E-state index in [1.165, 1.54) is 5.56 Å². The summed E-state index contributed by atoms with van der Waals surface area (Å²) in [5.41, 5.74) is 2.18. The van der Waals surface area contributed by atoms with Crippen LogP contribution >= 0.6 is 22.7 Å². The van der Waals surface area contributed by atoms with E-state index < -0.39 is 0 Å². The number of thiophene rings is 2. The van der Waals surface area contributed by atoms with Crippen LogP contribution in [0.4, 0.5) is 0 Å². The van der Waals surface area contributed by atoms with E-state index in [1.54, 1.807) is 34.6 Å². The van der Waals surface area contributed by atoms with Crippen molar-refractivity contribution in [1.82, 2.24) is 5.01 Å². The number of hydrazone groups is 1. The van der Waals surface area contributed by atoms with Crippen LogP contribution in [0.1, 0.15) is 29.8 Å². The molecule has 0 unspecified atom stereocenters. The highest BCUT2D eigenvalue weighted by atomic mass is 32.1. The Balaban J connectivity index is 1.93. The first-order valence-electron chi connectivity index (χ1n) is 5.69. The van der Waals surface area contributed by atoms with Crippen molar-refractivity contribution in [3.63, 3.8) is 0 Å². The van der Waals surface area contributed by atoms with Crippen LogP contribution in [-0.4, -0.2) is 16.6 Å². The number of carbonyl (C=O) groups excluding carboxylic acids is 1. The lowest BCUT2D eigenvalue weighted by atomic mass is 10.0. The molecule has 2 aromatic rings. The van der Waals surface area contributed by atoms with Crippen LogP contribution in [0.15, 0.2) is 39.4 Å². The average Bonchev–Trinajstić information content (AvgIpc) is 3.10. The summed E-state index contributed by atoms with van der Waals surface area (Å²) < 4.78 is 0. The van der Waals surface area contributed by atoms with E-state index in [0.29, 0.717) is 0 Å². The lowest BCUT2D eigenvalue weighted by molar-refractivity contribution is -0.130. The van der Waals surface area contributed by atoms with E-state index >= 15 is 0 Å². The second-order valence-electron chi connectivity index (χ2n) is 4.16. The van der Waals surface area contributed by atoms with Gasteiger partial charge in [0.05, 0.1) is 16.6 Å². The fourth-order valence-corrected chi connectivity index (χ4v) is 3.54. The molecule has 1 amide bonds. The molecule has 0 aliphatic carbocycles. The molecule has 0 bridgehead atoms. The van der Waals surface area contributed by atoms with Crippen LogP contribution in [-0.2, 0) is 4.79 Å². The number of carbonyl (C=O) groups is 1. The van der Waals surface area contributed by atoms with Gasteiger partial charge in [-0.15, -0.1) is 11.3 Å². The molecule has 3 rings (SSSR count). The monoisotopic (exact) mass is 276 g/mol. The Bertz CT molecular complexity index is 572. The first kappa shape index (κ1) is 11.6. The highest BCUT2D eigenvalue weighted by molar-refractivity contribution is 7.12. The Labute approximate surface area is 113 Å². The number of amides is 1. The zero-order chi connectivity index (χ0) is 12.5. The van der Waals surface area contributed by atoms with E-state index in [1.807, 2.05) is 16.8 Å². The maximum absolute atomic E-state index is 11.7. The van der Waals surface area contributed by atoms with Gasteiger partial charge >= 0.3 is 0 Å². The van der Waals surface area contributed by atoms with Crippen LogP contribution in [0.25, 0.3) is 0 Å². The van der Waals surface area contributed by atoms with Gasteiger partial charge in [-0.05, 0) is 33.8 Å². The molecule has 92 valence electrons. The third-order valence-electron chi connectivity index (χ3n) is 2.97. The van der Waals surface area contributed by atoms with Crippen molar-refractivity contribution in [2.24, 2.45) is 5.10 Å².